The van der Waals surface area contributed by atoms with Gasteiger partial charge in [0.25, 0.3) is 0 Å². The van der Waals surface area contributed by atoms with Crippen molar-refractivity contribution in [2.24, 2.45) is 11.8 Å². The summed E-state index contributed by atoms with van der Waals surface area (Å²) in [5.41, 5.74) is 0.979. The normalized spacial score (nSPS) is 31.3. The van der Waals surface area contributed by atoms with Gasteiger partial charge >= 0.3 is 26.2 Å². The number of rotatable bonds is 1. The number of fused-ring (bicyclic) bond motifs is 1. The van der Waals surface area contributed by atoms with Crippen LogP contribution in [0.2, 0.25) is 18.6 Å². The minimum atomic E-state index is -0.423. The van der Waals surface area contributed by atoms with Gasteiger partial charge in [0.1, 0.15) is 0 Å². The van der Waals surface area contributed by atoms with Crippen LogP contribution >= 0.6 is 0 Å². The molecule has 0 aromatic carbocycles. The Morgan fingerprint density at radius 1 is 1.13 bits per heavy atom. The molecule has 0 aromatic heterocycles. The Morgan fingerprint density at radius 3 is 2.27 bits per heavy atom. The van der Waals surface area contributed by atoms with Gasteiger partial charge in [-0.1, -0.05) is 37.7 Å². The van der Waals surface area contributed by atoms with Crippen molar-refractivity contribution < 1.29 is 51.0 Å². The third-order valence-corrected chi connectivity index (χ3v) is 5.37. The van der Waals surface area contributed by atoms with Crippen LogP contribution < -0.4 is 24.8 Å². The molecule has 0 bridgehead atoms. The Labute approximate surface area is 127 Å². The van der Waals surface area contributed by atoms with Crippen LogP contribution in [0.4, 0.5) is 0 Å². The molecule has 1 radical (unpaired) electrons. The maximum atomic E-state index is 2.60. The van der Waals surface area contributed by atoms with Gasteiger partial charge in [-0.25, -0.2) is 0 Å². The molecule has 2 aliphatic carbocycles. The van der Waals surface area contributed by atoms with Crippen LogP contribution in [0.5, 0.6) is 0 Å². The van der Waals surface area contributed by atoms with Crippen molar-refractivity contribution >= 4 is 8.80 Å². The average molecular weight is 339 g/mol. The van der Waals surface area contributed by atoms with Crippen LogP contribution in [0.1, 0.15) is 6.42 Å². The monoisotopic (exact) mass is 337 g/mol. The molecule has 3 unspecified atom stereocenters. The van der Waals surface area contributed by atoms with E-state index in [4.69, 9.17) is 0 Å². The first-order valence-corrected chi connectivity index (χ1v) is 7.95. The van der Waals surface area contributed by atoms with E-state index in [9.17, 15) is 0 Å². The molecule has 15 heavy (non-hydrogen) atoms. The summed E-state index contributed by atoms with van der Waals surface area (Å²) >= 11 is 0. The molecule has 2 rings (SSSR count). The molecular weight excluding hydrogens is 322 g/mol. The molecule has 0 spiro atoms. The van der Waals surface area contributed by atoms with E-state index in [1.807, 2.05) is 0 Å². The van der Waals surface area contributed by atoms with Gasteiger partial charge in [0, 0.05) is 8.80 Å². The Kier molecular flexibility index (Phi) is 10.2. The Hall–Kier alpha value is 1.16. The molecule has 0 N–H and O–H groups in total. The Bertz CT molecular complexity index is 209. The van der Waals surface area contributed by atoms with Crippen molar-refractivity contribution in [3.63, 3.8) is 0 Å². The second kappa shape index (κ2) is 8.28. The minimum absolute atomic E-state index is 0. The zero-order valence-corrected chi connectivity index (χ0v) is 14.3. The van der Waals surface area contributed by atoms with Gasteiger partial charge in [0.2, 0.25) is 0 Å². The number of allylic oxidation sites excluding steroid dienone is 4. The van der Waals surface area contributed by atoms with E-state index in [0.717, 1.165) is 17.4 Å². The third kappa shape index (κ3) is 4.50. The van der Waals surface area contributed by atoms with Crippen LogP contribution in [0.25, 0.3) is 0 Å². The smallest absolute Gasteiger partial charge is 1.00 e. The summed E-state index contributed by atoms with van der Waals surface area (Å²) in [6.07, 6.45) is 13.2. The van der Waals surface area contributed by atoms with Crippen LogP contribution in [-0.4, -0.2) is 8.80 Å². The van der Waals surface area contributed by atoms with E-state index in [2.05, 4.69) is 43.8 Å². The van der Waals surface area contributed by atoms with E-state index in [-0.39, 0.29) is 51.0 Å². The van der Waals surface area contributed by atoms with Gasteiger partial charge in [0.15, 0.2) is 0 Å². The van der Waals surface area contributed by atoms with Crippen LogP contribution in [-0.2, 0) is 26.2 Å². The van der Waals surface area contributed by atoms with Crippen molar-refractivity contribution in [2.75, 3.05) is 0 Å². The molecule has 0 aliphatic heterocycles. The zero-order valence-electron chi connectivity index (χ0n) is 9.16. The second-order valence-electron chi connectivity index (χ2n) is 4.35. The first-order chi connectivity index (χ1) is 5.77. The summed E-state index contributed by atoms with van der Waals surface area (Å²) in [6, 6.07) is 0. The summed E-state index contributed by atoms with van der Waals surface area (Å²) in [5.74, 6) is 1.62. The zero-order chi connectivity index (χ0) is 8.55. The van der Waals surface area contributed by atoms with Crippen molar-refractivity contribution in [3.05, 3.63) is 30.7 Å². The average Bonchev–Trinajstić information content (AvgIpc) is 2.46. The van der Waals surface area contributed by atoms with E-state index in [1.165, 1.54) is 6.42 Å². The van der Waals surface area contributed by atoms with Crippen molar-refractivity contribution in [1.29, 1.82) is 0 Å². The molecule has 1 fully saturated rings. The maximum absolute atomic E-state index is 2.60. The van der Waals surface area contributed by atoms with Crippen molar-refractivity contribution in [3.8, 4) is 0 Å². The SMILES string of the molecule is C[SiH](C)C1[CH-]C2C=CC=CC2C1.[Cl-].[Cl-].[Zr+3]. The van der Waals surface area contributed by atoms with Gasteiger partial charge < -0.3 is 31.2 Å². The predicted octanol–water partition coefficient (Wildman–Crippen LogP) is -3.18. The summed E-state index contributed by atoms with van der Waals surface area (Å²) in [4.78, 5) is 0. The number of hydrogen-bond donors (Lipinski definition) is 0. The summed E-state index contributed by atoms with van der Waals surface area (Å²) in [7, 11) is -0.423. The van der Waals surface area contributed by atoms with E-state index < -0.39 is 8.80 Å². The van der Waals surface area contributed by atoms with Gasteiger partial charge in [0.05, 0.1) is 0 Å². The van der Waals surface area contributed by atoms with E-state index in [0.29, 0.717) is 0 Å². The molecule has 4 heteroatoms. The molecule has 1 saturated carbocycles. The first kappa shape index (κ1) is 18.5. The summed E-state index contributed by atoms with van der Waals surface area (Å²) in [5, 5.41) is 0. The predicted molar refractivity (Wildman–Crippen MR) is 56.8 cm³/mol. The van der Waals surface area contributed by atoms with Gasteiger partial charge in [-0.3, -0.25) is 0 Å². The molecule has 0 aromatic rings. The van der Waals surface area contributed by atoms with Crippen LogP contribution in [0, 0.1) is 18.3 Å². The van der Waals surface area contributed by atoms with E-state index in [1.54, 1.807) is 0 Å². The fourth-order valence-electron chi connectivity index (χ4n) is 2.29. The molecule has 0 heterocycles. The number of halogens is 2. The van der Waals surface area contributed by atoms with Crippen LogP contribution in [0.15, 0.2) is 24.3 Å². The quantitative estimate of drug-likeness (QED) is 0.349. The molecule has 2 aliphatic rings. The molecule has 83 valence electrons. The maximum Gasteiger partial charge on any atom is 3.00 e. The largest absolute Gasteiger partial charge is 3.00 e. The van der Waals surface area contributed by atoms with Gasteiger partial charge in [-0.2, -0.15) is 5.54 Å². The first-order valence-electron chi connectivity index (χ1n) is 4.97. The molecule has 0 saturated heterocycles. The topological polar surface area (TPSA) is 0 Å². The second-order valence-corrected chi connectivity index (χ2v) is 7.69. The number of hydrogen-bond acceptors (Lipinski definition) is 0. The van der Waals surface area contributed by atoms with E-state index >= 15 is 0 Å². The minimum Gasteiger partial charge on any atom is -1.00 e. The van der Waals surface area contributed by atoms with Crippen molar-refractivity contribution in [1.82, 2.24) is 0 Å². The molecule has 3 atom stereocenters. The molecular formula is C11H17Cl2SiZr. The molecule has 0 amide bonds. The Morgan fingerprint density at radius 2 is 1.73 bits per heavy atom. The Balaban J connectivity index is 0. The van der Waals surface area contributed by atoms with Gasteiger partial charge in [-0.05, 0) is 5.92 Å². The molecule has 0 nitrogen and oxygen atoms in total. The summed E-state index contributed by atoms with van der Waals surface area (Å²) in [6.45, 7) is 4.93. The summed E-state index contributed by atoms with van der Waals surface area (Å²) < 4.78 is 0. The fraction of sp³-hybridized carbons (Fsp3) is 0.545. The fourth-order valence-corrected chi connectivity index (χ4v) is 3.85. The van der Waals surface area contributed by atoms with Crippen molar-refractivity contribution in [2.45, 2.75) is 25.1 Å². The van der Waals surface area contributed by atoms with Gasteiger partial charge in [-0.15, -0.1) is 12.0 Å². The van der Waals surface area contributed by atoms with Crippen LogP contribution in [0.3, 0.4) is 0 Å². The third-order valence-electron chi connectivity index (χ3n) is 3.17. The standard InChI is InChI=1S/C11H17Si.2ClH.Zr/c1-12(2)11-7-9-5-3-4-6-10(9)8-11;;;/h3-7,9-12H,8H2,1-2H3;2*1H;/q-1;;;+3/p-2.